The zero-order valence-electron chi connectivity index (χ0n) is 10.4. The number of nitrogens with one attached hydrogen (secondary N) is 1. The van der Waals surface area contributed by atoms with Crippen LogP contribution >= 0.6 is 0 Å². The Hall–Kier alpha value is -1.58. The van der Waals surface area contributed by atoms with E-state index in [-0.39, 0.29) is 17.0 Å². The third kappa shape index (κ3) is 1.99. The van der Waals surface area contributed by atoms with Crippen molar-refractivity contribution in [1.82, 2.24) is 4.98 Å². The van der Waals surface area contributed by atoms with Crippen LogP contribution in [0.3, 0.4) is 0 Å². The summed E-state index contributed by atoms with van der Waals surface area (Å²) < 4.78 is 4.64. The summed E-state index contributed by atoms with van der Waals surface area (Å²) in [5, 5.41) is 0. The first-order valence-corrected chi connectivity index (χ1v) is 5.90. The Kier molecular flexibility index (Phi) is 3.05. The first-order chi connectivity index (χ1) is 8.04. The van der Waals surface area contributed by atoms with Gasteiger partial charge in [0.05, 0.1) is 7.11 Å². The van der Waals surface area contributed by atoms with E-state index in [0.29, 0.717) is 5.92 Å². The average Bonchev–Trinajstić information content (AvgIpc) is 2.32. The van der Waals surface area contributed by atoms with E-state index in [2.05, 4.69) is 23.6 Å². The van der Waals surface area contributed by atoms with Crippen LogP contribution in [0.25, 0.3) is 0 Å². The van der Waals surface area contributed by atoms with Crippen LogP contribution in [0.1, 0.15) is 60.3 Å². The number of aromatic amines is 1. The van der Waals surface area contributed by atoms with Gasteiger partial charge in [0.1, 0.15) is 5.69 Å². The van der Waals surface area contributed by atoms with E-state index in [1.54, 1.807) is 0 Å². The molecule has 1 N–H and O–H groups in total. The molecule has 0 saturated heterocycles. The Bertz CT molecular complexity index is 504. The molecule has 1 heterocycles. The van der Waals surface area contributed by atoms with Gasteiger partial charge in [0.25, 0.3) is 0 Å². The summed E-state index contributed by atoms with van der Waals surface area (Å²) in [7, 11) is 1.31. The minimum Gasteiger partial charge on any atom is -0.464 e. The molecule has 4 heteroatoms. The highest BCUT2D eigenvalue weighted by Gasteiger charge is 2.26. The van der Waals surface area contributed by atoms with Crippen LogP contribution in [-0.4, -0.2) is 18.1 Å². The van der Waals surface area contributed by atoms with E-state index in [1.807, 2.05) is 0 Å². The number of carbonyl (C=O) groups excluding carboxylic acids is 1. The SMILES string of the molecule is COC(=O)c1cc(=O)c2c([nH]1)C(C)CCC2C. The van der Waals surface area contributed by atoms with E-state index in [0.717, 1.165) is 24.1 Å². The predicted molar refractivity (Wildman–Crippen MR) is 64.5 cm³/mol. The Morgan fingerprint density at radius 2 is 2.00 bits per heavy atom. The van der Waals surface area contributed by atoms with E-state index in [4.69, 9.17) is 0 Å². The topological polar surface area (TPSA) is 59.2 Å². The molecule has 0 aromatic carbocycles. The summed E-state index contributed by atoms with van der Waals surface area (Å²) in [5.74, 6) is 0.0606. The lowest BCUT2D eigenvalue weighted by atomic mass is 9.81. The van der Waals surface area contributed by atoms with Gasteiger partial charge in [0.15, 0.2) is 5.43 Å². The van der Waals surface area contributed by atoms with Gasteiger partial charge in [-0.1, -0.05) is 13.8 Å². The van der Waals surface area contributed by atoms with Gasteiger partial charge < -0.3 is 9.72 Å². The van der Waals surface area contributed by atoms with Crippen LogP contribution in [0.15, 0.2) is 10.9 Å². The van der Waals surface area contributed by atoms with Gasteiger partial charge in [-0.2, -0.15) is 0 Å². The van der Waals surface area contributed by atoms with Crippen molar-refractivity contribution in [2.45, 2.75) is 38.5 Å². The van der Waals surface area contributed by atoms with Crippen molar-refractivity contribution < 1.29 is 9.53 Å². The van der Waals surface area contributed by atoms with E-state index >= 15 is 0 Å². The highest BCUT2D eigenvalue weighted by molar-refractivity contribution is 5.87. The molecular formula is C13H17NO3. The van der Waals surface area contributed by atoms with Crippen molar-refractivity contribution in [3.05, 3.63) is 33.2 Å². The molecule has 17 heavy (non-hydrogen) atoms. The number of aromatic nitrogens is 1. The molecule has 0 amide bonds. The molecule has 0 radical (unpaired) electrons. The van der Waals surface area contributed by atoms with Crippen LogP contribution in [0, 0.1) is 0 Å². The smallest absolute Gasteiger partial charge is 0.354 e. The average molecular weight is 235 g/mol. The molecule has 1 aromatic rings. The summed E-state index contributed by atoms with van der Waals surface area (Å²) in [6.45, 7) is 4.12. The number of carbonyl (C=O) groups is 1. The number of fused-ring (bicyclic) bond motifs is 1. The first-order valence-electron chi connectivity index (χ1n) is 5.90. The molecule has 1 aromatic heterocycles. The van der Waals surface area contributed by atoms with Crippen molar-refractivity contribution in [3.8, 4) is 0 Å². The number of H-pyrrole nitrogens is 1. The molecule has 2 unspecified atom stereocenters. The highest BCUT2D eigenvalue weighted by Crippen LogP contribution is 2.35. The lowest BCUT2D eigenvalue weighted by molar-refractivity contribution is 0.0593. The van der Waals surface area contributed by atoms with E-state index in [9.17, 15) is 9.59 Å². The lowest BCUT2D eigenvalue weighted by Gasteiger charge is -2.26. The van der Waals surface area contributed by atoms with E-state index in [1.165, 1.54) is 13.2 Å². The van der Waals surface area contributed by atoms with Gasteiger partial charge in [-0.15, -0.1) is 0 Å². The van der Waals surface area contributed by atoms with Crippen LogP contribution < -0.4 is 5.43 Å². The monoisotopic (exact) mass is 235 g/mol. The van der Waals surface area contributed by atoms with E-state index < -0.39 is 5.97 Å². The number of methoxy groups -OCH3 is 1. The molecule has 0 aliphatic heterocycles. The van der Waals surface area contributed by atoms with Crippen molar-refractivity contribution in [2.24, 2.45) is 0 Å². The maximum absolute atomic E-state index is 12.0. The number of hydrogen-bond acceptors (Lipinski definition) is 3. The lowest BCUT2D eigenvalue weighted by Crippen LogP contribution is -2.24. The first kappa shape index (κ1) is 11.9. The second-order valence-electron chi connectivity index (χ2n) is 4.75. The van der Waals surface area contributed by atoms with Crippen molar-refractivity contribution >= 4 is 5.97 Å². The molecule has 2 rings (SSSR count). The molecule has 0 fully saturated rings. The van der Waals surface area contributed by atoms with Crippen LogP contribution in [-0.2, 0) is 4.74 Å². The van der Waals surface area contributed by atoms with Crippen LogP contribution in [0.2, 0.25) is 0 Å². The maximum Gasteiger partial charge on any atom is 0.354 e. The molecule has 92 valence electrons. The molecule has 0 bridgehead atoms. The highest BCUT2D eigenvalue weighted by atomic mass is 16.5. The Labute approximate surface area is 100 Å². The Balaban J connectivity index is 2.60. The molecule has 0 saturated carbocycles. The normalized spacial score (nSPS) is 23.0. The predicted octanol–water partition coefficient (Wildman–Crippen LogP) is 2.16. The summed E-state index contributed by atoms with van der Waals surface area (Å²) in [5.41, 5.74) is 1.92. The third-order valence-electron chi connectivity index (χ3n) is 3.52. The zero-order chi connectivity index (χ0) is 12.6. The minimum atomic E-state index is -0.490. The van der Waals surface area contributed by atoms with Gasteiger partial charge in [0, 0.05) is 17.3 Å². The summed E-state index contributed by atoms with van der Waals surface area (Å²) in [6.07, 6.45) is 2.06. The Morgan fingerprint density at radius 1 is 1.35 bits per heavy atom. The minimum absolute atomic E-state index is 0.0572. The van der Waals surface area contributed by atoms with Crippen LogP contribution in [0.5, 0.6) is 0 Å². The van der Waals surface area contributed by atoms with Gasteiger partial charge in [0.2, 0.25) is 0 Å². The van der Waals surface area contributed by atoms with Gasteiger partial charge >= 0.3 is 5.97 Å². The van der Waals surface area contributed by atoms with Crippen molar-refractivity contribution in [2.75, 3.05) is 7.11 Å². The molecular weight excluding hydrogens is 218 g/mol. The number of hydrogen-bond donors (Lipinski definition) is 1. The number of pyridine rings is 1. The Morgan fingerprint density at radius 3 is 2.65 bits per heavy atom. The fraction of sp³-hybridized carbons (Fsp3) is 0.538. The molecule has 0 spiro atoms. The van der Waals surface area contributed by atoms with Gasteiger partial charge in [-0.05, 0) is 24.7 Å². The van der Waals surface area contributed by atoms with Crippen molar-refractivity contribution in [1.29, 1.82) is 0 Å². The quantitative estimate of drug-likeness (QED) is 0.759. The fourth-order valence-electron chi connectivity index (χ4n) is 2.50. The molecule has 2 atom stereocenters. The molecule has 1 aliphatic carbocycles. The second-order valence-corrected chi connectivity index (χ2v) is 4.75. The number of esters is 1. The molecule has 1 aliphatic rings. The summed E-state index contributed by atoms with van der Waals surface area (Å²) in [4.78, 5) is 26.5. The standard InChI is InChI=1S/C13H17NO3/c1-7-4-5-8(2)12-11(7)10(15)6-9(14-12)13(16)17-3/h6-8H,4-5H2,1-3H3,(H,14,15). The summed E-state index contributed by atoms with van der Waals surface area (Å²) in [6, 6.07) is 1.35. The number of rotatable bonds is 1. The largest absolute Gasteiger partial charge is 0.464 e. The van der Waals surface area contributed by atoms with Gasteiger partial charge in [-0.25, -0.2) is 4.79 Å². The van der Waals surface area contributed by atoms with Crippen LogP contribution in [0.4, 0.5) is 0 Å². The summed E-state index contributed by atoms with van der Waals surface area (Å²) >= 11 is 0. The third-order valence-corrected chi connectivity index (χ3v) is 3.52. The number of ether oxygens (including phenoxy) is 1. The van der Waals surface area contributed by atoms with Gasteiger partial charge in [-0.3, -0.25) is 4.79 Å². The fourth-order valence-corrected chi connectivity index (χ4v) is 2.50. The zero-order valence-corrected chi connectivity index (χ0v) is 10.4. The second kappa shape index (κ2) is 4.35. The van der Waals surface area contributed by atoms with Crippen molar-refractivity contribution in [3.63, 3.8) is 0 Å². The maximum atomic E-state index is 12.0. The molecule has 4 nitrogen and oxygen atoms in total.